The Kier molecular flexibility index (Phi) is 5.00. The van der Waals surface area contributed by atoms with Crippen LogP contribution in [0.3, 0.4) is 0 Å². The number of rotatable bonds is 5. The van der Waals surface area contributed by atoms with Crippen molar-refractivity contribution in [2.24, 2.45) is 5.92 Å². The standard InChI is InChI=1S/C22H27FN6O2/c1-15(17-4-5-19(25-10-17)29-13-18(23)11-26-29)27-14-20(30)28(12-16-2-3-16)22(21(27)31)6-8-24-9-7-22/h4-5,10-11,13,15-16,24H,2-3,6-9,12,14H2,1H3. The van der Waals surface area contributed by atoms with Gasteiger partial charge in [0.05, 0.1) is 18.4 Å². The molecule has 164 valence electrons. The molecule has 2 aromatic rings. The van der Waals surface area contributed by atoms with Crippen LogP contribution >= 0.6 is 0 Å². The first-order chi connectivity index (χ1) is 15.0. The Balaban J connectivity index is 1.40. The van der Waals surface area contributed by atoms with Gasteiger partial charge in [0.1, 0.15) is 12.1 Å². The summed E-state index contributed by atoms with van der Waals surface area (Å²) in [5.74, 6) is 0.680. The number of amides is 2. The number of aromatic nitrogens is 3. The highest BCUT2D eigenvalue weighted by Gasteiger charge is 2.54. The molecule has 5 rings (SSSR count). The van der Waals surface area contributed by atoms with E-state index >= 15 is 0 Å². The molecule has 3 fully saturated rings. The number of hydrogen-bond donors (Lipinski definition) is 1. The van der Waals surface area contributed by atoms with Crippen LogP contribution in [0.5, 0.6) is 0 Å². The lowest BCUT2D eigenvalue weighted by Crippen LogP contribution is -2.71. The fraction of sp³-hybridized carbons (Fsp3) is 0.545. The van der Waals surface area contributed by atoms with Crippen molar-refractivity contribution in [1.29, 1.82) is 0 Å². The van der Waals surface area contributed by atoms with E-state index in [0.717, 1.165) is 37.7 Å². The maximum Gasteiger partial charge on any atom is 0.249 e. The minimum absolute atomic E-state index is 0.0387. The zero-order valence-corrected chi connectivity index (χ0v) is 17.6. The number of hydrogen-bond acceptors (Lipinski definition) is 5. The molecule has 31 heavy (non-hydrogen) atoms. The van der Waals surface area contributed by atoms with Crippen molar-refractivity contribution in [3.05, 3.63) is 42.1 Å². The van der Waals surface area contributed by atoms with E-state index in [1.165, 1.54) is 10.9 Å². The first kappa shape index (κ1) is 20.1. The summed E-state index contributed by atoms with van der Waals surface area (Å²) in [6.07, 6.45) is 7.64. The summed E-state index contributed by atoms with van der Waals surface area (Å²) in [6, 6.07) is 3.31. The van der Waals surface area contributed by atoms with E-state index in [4.69, 9.17) is 0 Å². The molecule has 2 aromatic heterocycles. The number of piperidine rings is 1. The maximum absolute atomic E-state index is 13.8. The summed E-state index contributed by atoms with van der Waals surface area (Å²) in [6.45, 7) is 4.19. The molecule has 1 spiro atoms. The lowest BCUT2D eigenvalue weighted by atomic mass is 9.82. The summed E-state index contributed by atoms with van der Waals surface area (Å²) in [4.78, 5) is 35.0. The van der Waals surface area contributed by atoms with Crippen LogP contribution in [0.2, 0.25) is 0 Å². The molecule has 3 aliphatic rings. The number of carbonyl (C=O) groups excluding carboxylic acids is 2. The van der Waals surface area contributed by atoms with Gasteiger partial charge < -0.3 is 15.1 Å². The summed E-state index contributed by atoms with van der Waals surface area (Å²) in [7, 11) is 0. The summed E-state index contributed by atoms with van der Waals surface area (Å²) >= 11 is 0. The predicted octanol–water partition coefficient (Wildman–Crippen LogP) is 1.67. The quantitative estimate of drug-likeness (QED) is 0.787. The second kappa shape index (κ2) is 7.71. The van der Waals surface area contributed by atoms with Gasteiger partial charge in [-0.05, 0) is 63.2 Å². The summed E-state index contributed by atoms with van der Waals surface area (Å²) in [5, 5.41) is 7.25. The van der Waals surface area contributed by atoms with Gasteiger partial charge in [-0.2, -0.15) is 5.10 Å². The number of nitrogens with zero attached hydrogens (tertiary/aromatic N) is 5. The lowest BCUT2D eigenvalue weighted by molar-refractivity contribution is -0.170. The van der Waals surface area contributed by atoms with E-state index in [2.05, 4.69) is 15.4 Å². The van der Waals surface area contributed by atoms with Gasteiger partial charge in [-0.25, -0.2) is 14.1 Å². The lowest BCUT2D eigenvalue weighted by Gasteiger charge is -2.52. The Morgan fingerprint density at radius 2 is 2.00 bits per heavy atom. The molecular weight excluding hydrogens is 399 g/mol. The molecule has 8 nitrogen and oxygen atoms in total. The molecule has 0 radical (unpaired) electrons. The van der Waals surface area contributed by atoms with Crippen molar-refractivity contribution in [1.82, 2.24) is 29.9 Å². The molecule has 1 aliphatic carbocycles. The van der Waals surface area contributed by atoms with Crippen molar-refractivity contribution in [2.75, 3.05) is 26.2 Å². The molecule has 1 atom stereocenters. The molecule has 0 aromatic carbocycles. The van der Waals surface area contributed by atoms with Crippen molar-refractivity contribution in [3.8, 4) is 5.82 Å². The van der Waals surface area contributed by atoms with Gasteiger partial charge in [0, 0.05) is 12.7 Å². The Morgan fingerprint density at radius 1 is 1.23 bits per heavy atom. The molecule has 2 amide bonds. The van der Waals surface area contributed by atoms with E-state index < -0.39 is 11.4 Å². The van der Waals surface area contributed by atoms with Gasteiger partial charge in [-0.1, -0.05) is 6.07 Å². The molecule has 2 saturated heterocycles. The van der Waals surface area contributed by atoms with Crippen LogP contribution in [0.1, 0.15) is 44.2 Å². The normalized spacial score (nSPS) is 22.3. The van der Waals surface area contributed by atoms with Crippen LogP contribution in [-0.4, -0.2) is 68.1 Å². The smallest absolute Gasteiger partial charge is 0.249 e. The van der Waals surface area contributed by atoms with Gasteiger partial charge in [-0.3, -0.25) is 9.59 Å². The van der Waals surface area contributed by atoms with Crippen molar-refractivity contribution in [2.45, 2.75) is 44.2 Å². The average Bonchev–Trinajstić information content (AvgIpc) is 3.52. The van der Waals surface area contributed by atoms with Crippen LogP contribution in [0.15, 0.2) is 30.7 Å². The molecule has 9 heteroatoms. The van der Waals surface area contributed by atoms with Gasteiger partial charge in [0.2, 0.25) is 11.8 Å². The van der Waals surface area contributed by atoms with E-state index in [0.29, 0.717) is 31.1 Å². The first-order valence-electron chi connectivity index (χ1n) is 11.0. The third kappa shape index (κ3) is 3.60. The predicted molar refractivity (Wildman–Crippen MR) is 111 cm³/mol. The minimum Gasteiger partial charge on any atom is -0.326 e. The zero-order valence-electron chi connectivity index (χ0n) is 17.6. The van der Waals surface area contributed by atoms with Crippen LogP contribution in [-0.2, 0) is 9.59 Å². The van der Waals surface area contributed by atoms with Crippen molar-refractivity contribution >= 4 is 11.8 Å². The third-order valence-electron chi connectivity index (χ3n) is 6.86. The monoisotopic (exact) mass is 426 g/mol. The van der Waals surface area contributed by atoms with Crippen molar-refractivity contribution in [3.63, 3.8) is 0 Å². The fourth-order valence-electron chi connectivity index (χ4n) is 4.78. The number of nitrogens with one attached hydrogen (secondary N) is 1. The van der Waals surface area contributed by atoms with Gasteiger partial charge in [0.15, 0.2) is 11.6 Å². The first-order valence-corrected chi connectivity index (χ1v) is 11.0. The second-order valence-corrected chi connectivity index (χ2v) is 8.89. The SMILES string of the molecule is CC(c1ccc(-n2cc(F)cn2)nc1)N1CC(=O)N(CC2CC2)C2(CCNCC2)C1=O. The molecule has 2 aliphatic heterocycles. The zero-order chi connectivity index (χ0) is 21.6. The third-order valence-corrected chi connectivity index (χ3v) is 6.86. The highest BCUT2D eigenvalue weighted by atomic mass is 19.1. The summed E-state index contributed by atoms with van der Waals surface area (Å²) < 4.78 is 14.6. The van der Waals surface area contributed by atoms with Crippen LogP contribution in [0, 0.1) is 11.7 Å². The van der Waals surface area contributed by atoms with Crippen LogP contribution in [0.25, 0.3) is 5.82 Å². The van der Waals surface area contributed by atoms with E-state index in [1.54, 1.807) is 17.2 Å². The molecule has 4 heterocycles. The number of piperazine rings is 1. The maximum atomic E-state index is 13.8. The Hall–Kier alpha value is -2.81. The minimum atomic E-state index is -0.739. The topological polar surface area (TPSA) is 83.4 Å². The largest absolute Gasteiger partial charge is 0.326 e. The molecule has 1 unspecified atom stereocenters. The van der Waals surface area contributed by atoms with E-state index in [-0.39, 0.29) is 24.4 Å². The molecule has 0 bridgehead atoms. The van der Waals surface area contributed by atoms with Crippen molar-refractivity contribution < 1.29 is 14.0 Å². The van der Waals surface area contributed by atoms with Gasteiger partial charge >= 0.3 is 0 Å². The molecule has 1 N–H and O–H groups in total. The average molecular weight is 426 g/mol. The van der Waals surface area contributed by atoms with Crippen LogP contribution in [0.4, 0.5) is 4.39 Å². The molecule has 1 saturated carbocycles. The second-order valence-electron chi connectivity index (χ2n) is 8.89. The van der Waals surface area contributed by atoms with E-state index in [1.807, 2.05) is 17.9 Å². The summed E-state index contributed by atoms with van der Waals surface area (Å²) in [5.41, 5.74) is 0.0921. The Labute approximate surface area is 180 Å². The highest BCUT2D eigenvalue weighted by Crippen LogP contribution is 2.39. The Bertz CT molecular complexity index is 980. The number of carbonyl (C=O) groups is 2. The molecular formula is C22H27FN6O2. The van der Waals surface area contributed by atoms with E-state index in [9.17, 15) is 14.0 Å². The highest BCUT2D eigenvalue weighted by molar-refractivity contribution is 5.98. The number of halogens is 1. The van der Waals surface area contributed by atoms with Gasteiger partial charge in [-0.15, -0.1) is 0 Å². The number of pyridine rings is 1. The Morgan fingerprint density at radius 3 is 2.61 bits per heavy atom. The fourth-order valence-corrected chi connectivity index (χ4v) is 4.78. The van der Waals surface area contributed by atoms with Crippen LogP contribution < -0.4 is 5.32 Å². The van der Waals surface area contributed by atoms with Gasteiger partial charge in [0.25, 0.3) is 0 Å².